The van der Waals surface area contributed by atoms with Gasteiger partial charge in [0.2, 0.25) is 0 Å². The Kier molecular flexibility index (Phi) is 5.51. The van der Waals surface area contributed by atoms with Crippen LogP contribution in [-0.4, -0.2) is 9.96 Å². The maximum absolute atomic E-state index is 4.32. The van der Waals surface area contributed by atoms with E-state index in [2.05, 4.69) is 16.9 Å². The first-order valence-corrected chi connectivity index (χ1v) is 8.14. The van der Waals surface area contributed by atoms with Crippen molar-refractivity contribution in [2.24, 2.45) is 0 Å². The predicted molar refractivity (Wildman–Crippen MR) is 74.7 cm³/mol. The van der Waals surface area contributed by atoms with Crippen LogP contribution in [-0.2, 0) is 0 Å². The predicted octanol–water partition coefficient (Wildman–Crippen LogP) is 5.30. The molecule has 0 aromatic carbocycles. The van der Waals surface area contributed by atoms with Gasteiger partial charge < -0.3 is 0 Å². The summed E-state index contributed by atoms with van der Waals surface area (Å²) >= 11 is 0. The summed E-state index contributed by atoms with van der Waals surface area (Å²) in [7, 11) is 1.26. The first-order chi connectivity index (χ1) is 8.38. The summed E-state index contributed by atoms with van der Waals surface area (Å²) < 4.78 is 0. The molecule has 1 aliphatic carbocycles. The fourth-order valence-electron chi connectivity index (χ4n) is 2.94. The van der Waals surface area contributed by atoms with Crippen molar-refractivity contribution in [1.29, 1.82) is 0 Å². The molecule has 1 fully saturated rings. The smallest absolute Gasteiger partial charge is 0.0674 e. The highest BCUT2D eigenvalue weighted by atomic mass is 31.0. The normalized spacial score (nSPS) is 21.5. The van der Waals surface area contributed by atoms with Gasteiger partial charge in [0, 0.05) is 13.6 Å². The van der Waals surface area contributed by atoms with Crippen molar-refractivity contribution in [3.05, 3.63) is 11.0 Å². The lowest BCUT2D eigenvalue weighted by Gasteiger charge is -2.15. The molecule has 1 aliphatic rings. The van der Waals surface area contributed by atoms with E-state index in [0.717, 1.165) is 5.92 Å². The molecule has 1 N–H and O–H groups in total. The maximum Gasteiger partial charge on any atom is 0.0674 e. The molecule has 0 unspecified atom stereocenters. The summed E-state index contributed by atoms with van der Waals surface area (Å²) in [5, 5.41) is 5.90. The summed E-state index contributed by atoms with van der Waals surface area (Å²) in [6, 6.07) is 0. The fourth-order valence-corrected chi connectivity index (χ4v) is 3.90. The van der Waals surface area contributed by atoms with Crippen LogP contribution in [0.4, 0.5) is 0 Å². The zero-order valence-corrected chi connectivity index (χ0v) is 11.9. The van der Waals surface area contributed by atoms with Gasteiger partial charge >= 0.3 is 0 Å². The van der Waals surface area contributed by atoms with Gasteiger partial charge in [-0.05, 0) is 25.7 Å². The number of rotatable bonds is 1. The molecule has 0 aliphatic heterocycles. The Labute approximate surface area is 107 Å². The molecule has 2 rings (SSSR count). The van der Waals surface area contributed by atoms with Gasteiger partial charge in [0.25, 0.3) is 0 Å². The van der Waals surface area contributed by atoms with Gasteiger partial charge in [-0.1, -0.05) is 51.4 Å². The van der Waals surface area contributed by atoms with Crippen LogP contribution < -0.4 is 0 Å². The lowest BCUT2D eigenvalue weighted by Crippen LogP contribution is -1.99. The van der Waals surface area contributed by atoms with Gasteiger partial charge in [-0.25, -0.2) is 0 Å². The van der Waals surface area contributed by atoms with Gasteiger partial charge in [0.05, 0.1) is 5.69 Å². The third kappa shape index (κ3) is 4.10. The first-order valence-electron chi connectivity index (χ1n) is 7.25. The third-order valence-electron chi connectivity index (χ3n) is 4.00. The van der Waals surface area contributed by atoms with Crippen molar-refractivity contribution in [3.63, 3.8) is 0 Å². The SMILES string of the molecule is Cc1n[nH]pc1C1CCCCCCCCCC1. The molecule has 1 aromatic rings. The number of H-pyrrole nitrogens is 1. The average Bonchev–Trinajstić information content (AvgIpc) is 2.72. The molecule has 0 amide bonds. The van der Waals surface area contributed by atoms with Crippen molar-refractivity contribution in [3.8, 4) is 0 Å². The van der Waals surface area contributed by atoms with Crippen LogP contribution in [0.3, 0.4) is 0 Å². The number of hydrogen-bond donors (Lipinski definition) is 1. The average molecular weight is 252 g/mol. The van der Waals surface area contributed by atoms with Crippen LogP contribution >= 0.6 is 8.35 Å². The highest BCUT2D eigenvalue weighted by Crippen LogP contribution is 2.34. The zero-order chi connectivity index (χ0) is 11.9. The Hall–Kier alpha value is -0.360. The lowest BCUT2D eigenvalue weighted by molar-refractivity contribution is 0.518. The molecule has 1 aromatic heterocycles. The van der Waals surface area contributed by atoms with Gasteiger partial charge in [0.1, 0.15) is 0 Å². The molecule has 1 saturated carbocycles. The molecule has 1 heterocycles. The number of nitrogens with zero attached hydrogens (tertiary/aromatic N) is 1. The topological polar surface area (TPSA) is 28.7 Å². The van der Waals surface area contributed by atoms with E-state index in [-0.39, 0.29) is 0 Å². The second-order valence-corrected chi connectivity index (χ2v) is 6.30. The molecule has 0 spiro atoms. The Morgan fingerprint density at radius 2 is 1.47 bits per heavy atom. The molecule has 2 nitrogen and oxygen atoms in total. The Balaban J connectivity index is 1.95. The molecule has 3 heteroatoms. The number of aryl methyl sites for hydroxylation is 1. The number of hydrogen-bond acceptors (Lipinski definition) is 1. The van der Waals surface area contributed by atoms with Crippen molar-refractivity contribution < 1.29 is 0 Å². The fraction of sp³-hybridized carbons (Fsp3) is 0.857. The molecule has 0 radical (unpaired) electrons. The van der Waals surface area contributed by atoms with Gasteiger partial charge in [-0.3, -0.25) is 4.86 Å². The van der Waals surface area contributed by atoms with Crippen molar-refractivity contribution in [2.45, 2.75) is 77.0 Å². The highest BCUT2D eigenvalue weighted by Gasteiger charge is 2.16. The van der Waals surface area contributed by atoms with Gasteiger partial charge in [0.15, 0.2) is 0 Å². The molecule has 0 atom stereocenters. The Bertz CT molecular complexity index is 310. The van der Waals surface area contributed by atoms with Crippen molar-refractivity contribution in [1.82, 2.24) is 9.96 Å². The van der Waals surface area contributed by atoms with E-state index in [1.165, 1.54) is 78.3 Å². The summed E-state index contributed by atoms with van der Waals surface area (Å²) in [4.78, 5) is 3.12. The maximum atomic E-state index is 4.32. The Morgan fingerprint density at radius 3 is 1.94 bits per heavy atom. The van der Waals surface area contributed by atoms with Gasteiger partial charge in [-0.15, -0.1) is 0 Å². The molecule has 17 heavy (non-hydrogen) atoms. The monoisotopic (exact) mass is 252 g/mol. The number of aromatic amines is 1. The van der Waals surface area contributed by atoms with E-state index in [9.17, 15) is 0 Å². The standard InChI is InChI=1S/C14H25N2P/c1-12-14(17-16-15-12)13-10-8-6-4-2-3-5-7-9-11-13/h13H,2-11H2,1H3,(H,15,16). The summed E-state index contributed by atoms with van der Waals surface area (Å²) in [6.07, 6.45) is 14.3. The Morgan fingerprint density at radius 1 is 0.941 bits per heavy atom. The lowest BCUT2D eigenvalue weighted by atomic mass is 9.93. The number of aromatic nitrogens is 2. The van der Waals surface area contributed by atoms with E-state index < -0.39 is 0 Å². The van der Waals surface area contributed by atoms with Crippen LogP contribution in [0.5, 0.6) is 0 Å². The van der Waals surface area contributed by atoms with Gasteiger partial charge in [-0.2, -0.15) is 5.10 Å². The minimum atomic E-state index is 0.800. The number of nitrogens with one attached hydrogen (secondary N) is 1. The van der Waals surface area contributed by atoms with Crippen LogP contribution in [0.1, 0.15) is 81.1 Å². The molecular formula is C14H25N2P. The van der Waals surface area contributed by atoms with E-state index >= 15 is 0 Å². The minimum Gasteiger partial charge on any atom is -0.260 e. The molecular weight excluding hydrogens is 227 g/mol. The molecule has 0 saturated heterocycles. The molecule has 96 valence electrons. The van der Waals surface area contributed by atoms with Crippen LogP contribution in [0, 0.1) is 6.92 Å². The third-order valence-corrected chi connectivity index (χ3v) is 5.13. The highest BCUT2D eigenvalue weighted by molar-refractivity contribution is 7.26. The second-order valence-electron chi connectivity index (χ2n) is 5.40. The van der Waals surface area contributed by atoms with E-state index in [1.54, 1.807) is 5.30 Å². The molecule has 0 bridgehead atoms. The van der Waals surface area contributed by atoms with E-state index in [0.29, 0.717) is 0 Å². The largest absolute Gasteiger partial charge is 0.260 e. The van der Waals surface area contributed by atoms with Crippen LogP contribution in [0.2, 0.25) is 0 Å². The van der Waals surface area contributed by atoms with E-state index in [4.69, 9.17) is 0 Å². The zero-order valence-electron chi connectivity index (χ0n) is 11.0. The summed E-state index contributed by atoms with van der Waals surface area (Å²) in [6.45, 7) is 2.16. The van der Waals surface area contributed by atoms with Crippen LogP contribution in [0.15, 0.2) is 0 Å². The van der Waals surface area contributed by atoms with Crippen molar-refractivity contribution in [2.75, 3.05) is 0 Å². The summed E-state index contributed by atoms with van der Waals surface area (Å²) in [5.41, 5.74) is 1.26. The summed E-state index contributed by atoms with van der Waals surface area (Å²) in [5.74, 6) is 0.800. The van der Waals surface area contributed by atoms with Crippen LogP contribution in [0.25, 0.3) is 0 Å². The minimum absolute atomic E-state index is 0.800. The van der Waals surface area contributed by atoms with Crippen molar-refractivity contribution >= 4 is 8.35 Å². The van der Waals surface area contributed by atoms with E-state index in [1.807, 2.05) is 0 Å². The first kappa shape index (κ1) is 13.1. The second kappa shape index (κ2) is 7.16. The quantitative estimate of drug-likeness (QED) is 0.722.